The Bertz CT molecular complexity index is 220. The second kappa shape index (κ2) is 7.55. The van der Waals surface area contributed by atoms with Gasteiger partial charge < -0.3 is 9.69 Å². The smallest absolute Gasteiger partial charge is 0.134 e. The standard InChI is InChI=1S/C13H23NO2/c1-2-3-4-13(16)7-10-14-8-5-12(11-15)6-9-14/h11-12H,2-10H2,1H3. The van der Waals surface area contributed by atoms with Crippen LogP contribution in [0, 0.1) is 5.92 Å². The van der Waals surface area contributed by atoms with E-state index in [4.69, 9.17) is 0 Å². The minimum absolute atomic E-state index is 0.257. The van der Waals surface area contributed by atoms with Crippen molar-refractivity contribution in [2.75, 3.05) is 19.6 Å². The number of Topliss-reactive ketones (excluding diaryl/α,β-unsaturated/α-hetero) is 1. The van der Waals surface area contributed by atoms with Gasteiger partial charge in [0.1, 0.15) is 12.1 Å². The van der Waals surface area contributed by atoms with Crippen molar-refractivity contribution in [3.8, 4) is 0 Å². The molecule has 16 heavy (non-hydrogen) atoms. The van der Waals surface area contributed by atoms with Crippen molar-refractivity contribution in [3.05, 3.63) is 0 Å². The molecule has 0 atom stereocenters. The third-order valence-corrected chi connectivity index (χ3v) is 3.34. The summed E-state index contributed by atoms with van der Waals surface area (Å²) in [6.07, 6.45) is 6.54. The third kappa shape index (κ3) is 4.88. The average molecular weight is 225 g/mol. The van der Waals surface area contributed by atoms with Gasteiger partial charge in [-0.15, -0.1) is 0 Å². The predicted molar refractivity (Wildman–Crippen MR) is 64.4 cm³/mol. The molecule has 0 N–H and O–H groups in total. The lowest BCUT2D eigenvalue weighted by Crippen LogP contribution is -2.35. The number of nitrogens with zero attached hydrogens (tertiary/aromatic N) is 1. The number of piperidine rings is 1. The highest BCUT2D eigenvalue weighted by Gasteiger charge is 2.18. The Morgan fingerprint density at radius 1 is 1.31 bits per heavy atom. The second-order valence-corrected chi connectivity index (χ2v) is 4.71. The van der Waals surface area contributed by atoms with Crippen molar-refractivity contribution >= 4 is 12.1 Å². The van der Waals surface area contributed by atoms with Crippen LogP contribution in [0.15, 0.2) is 0 Å². The minimum atomic E-state index is 0.257. The van der Waals surface area contributed by atoms with Gasteiger partial charge in [0.25, 0.3) is 0 Å². The van der Waals surface area contributed by atoms with E-state index < -0.39 is 0 Å². The molecular formula is C13H23NO2. The summed E-state index contributed by atoms with van der Waals surface area (Å²) < 4.78 is 0. The van der Waals surface area contributed by atoms with Crippen LogP contribution in [0.5, 0.6) is 0 Å². The Kier molecular flexibility index (Phi) is 6.31. The maximum Gasteiger partial charge on any atom is 0.134 e. The van der Waals surface area contributed by atoms with Crippen LogP contribution >= 0.6 is 0 Å². The molecule has 1 aliphatic heterocycles. The number of ketones is 1. The first kappa shape index (κ1) is 13.4. The van der Waals surface area contributed by atoms with Crippen molar-refractivity contribution in [2.45, 2.75) is 45.4 Å². The highest BCUT2D eigenvalue weighted by Crippen LogP contribution is 2.15. The van der Waals surface area contributed by atoms with Gasteiger partial charge >= 0.3 is 0 Å². The first-order valence-electron chi connectivity index (χ1n) is 6.45. The van der Waals surface area contributed by atoms with Gasteiger partial charge in [-0.25, -0.2) is 0 Å². The fraction of sp³-hybridized carbons (Fsp3) is 0.846. The average Bonchev–Trinajstić information content (AvgIpc) is 2.34. The summed E-state index contributed by atoms with van der Waals surface area (Å²) in [5, 5.41) is 0. The van der Waals surface area contributed by atoms with E-state index in [1.165, 1.54) is 0 Å². The van der Waals surface area contributed by atoms with E-state index in [-0.39, 0.29) is 5.92 Å². The zero-order valence-corrected chi connectivity index (χ0v) is 10.3. The molecule has 3 heteroatoms. The zero-order chi connectivity index (χ0) is 11.8. The topological polar surface area (TPSA) is 37.4 Å². The molecule has 1 aliphatic rings. The van der Waals surface area contributed by atoms with Crippen LogP contribution in [-0.2, 0) is 9.59 Å². The van der Waals surface area contributed by atoms with Crippen LogP contribution in [0.25, 0.3) is 0 Å². The largest absolute Gasteiger partial charge is 0.303 e. The number of carbonyl (C=O) groups is 2. The third-order valence-electron chi connectivity index (χ3n) is 3.34. The predicted octanol–water partition coefficient (Wildman–Crippen LogP) is 2.05. The Morgan fingerprint density at radius 2 is 2.00 bits per heavy atom. The van der Waals surface area contributed by atoms with Crippen molar-refractivity contribution in [1.82, 2.24) is 4.90 Å². The lowest BCUT2D eigenvalue weighted by Gasteiger charge is -2.29. The molecule has 1 heterocycles. The van der Waals surface area contributed by atoms with Crippen LogP contribution in [0.4, 0.5) is 0 Å². The van der Waals surface area contributed by atoms with E-state index in [9.17, 15) is 9.59 Å². The molecule has 0 aromatic carbocycles. The zero-order valence-electron chi connectivity index (χ0n) is 10.3. The summed E-state index contributed by atoms with van der Waals surface area (Å²) in [7, 11) is 0. The number of carbonyl (C=O) groups excluding carboxylic acids is 2. The molecule has 0 aromatic rings. The Labute approximate surface area is 98.2 Å². The second-order valence-electron chi connectivity index (χ2n) is 4.71. The number of hydrogen-bond donors (Lipinski definition) is 0. The summed E-state index contributed by atoms with van der Waals surface area (Å²) in [5.41, 5.74) is 0. The van der Waals surface area contributed by atoms with Gasteiger partial charge in [-0.05, 0) is 32.4 Å². The first-order chi connectivity index (χ1) is 7.76. The summed E-state index contributed by atoms with van der Waals surface area (Å²) in [6.45, 7) is 4.94. The SMILES string of the molecule is CCCCC(=O)CCN1CCC(C=O)CC1. The number of unbranched alkanes of at least 4 members (excludes halogenated alkanes) is 1. The molecule has 0 bridgehead atoms. The molecule has 0 aliphatic carbocycles. The van der Waals surface area contributed by atoms with Crippen LogP contribution < -0.4 is 0 Å². The fourth-order valence-corrected chi connectivity index (χ4v) is 2.09. The highest BCUT2D eigenvalue weighted by molar-refractivity contribution is 5.78. The first-order valence-corrected chi connectivity index (χ1v) is 6.45. The summed E-state index contributed by atoms with van der Waals surface area (Å²) in [5.74, 6) is 0.645. The molecule has 0 radical (unpaired) electrons. The van der Waals surface area contributed by atoms with Crippen molar-refractivity contribution in [2.24, 2.45) is 5.92 Å². The molecule has 3 nitrogen and oxygen atoms in total. The van der Waals surface area contributed by atoms with Crippen molar-refractivity contribution in [3.63, 3.8) is 0 Å². The Hall–Kier alpha value is -0.700. The van der Waals surface area contributed by atoms with Crippen molar-refractivity contribution < 1.29 is 9.59 Å². The van der Waals surface area contributed by atoms with E-state index in [1.54, 1.807) is 0 Å². The molecule has 1 fully saturated rings. The summed E-state index contributed by atoms with van der Waals surface area (Å²) in [6, 6.07) is 0. The number of likely N-dealkylation sites (tertiary alicyclic amines) is 1. The summed E-state index contributed by atoms with van der Waals surface area (Å²) >= 11 is 0. The minimum Gasteiger partial charge on any atom is -0.303 e. The van der Waals surface area contributed by atoms with Gasteiger partial charge in [-0.1, -0.05) is 13.3 Å². The molecule has 0 amide bonds. The molecule has 1 rings (SSSR count). The highest BCUT2D eigenvalue weighted by atomic mass is 16.1. The maximum atomic E-state index is 11.5. The van der Waals surface area contributed by atoms with Gasteiger partial charge in [-0.3, -0.25) is 4.79 Å². The van der Waals surface area contributed by atoms with Crippen LogP contribution in [0.3, 0.4) is 0 Å². The molecule has 1 saturated heterocycles. The Balaban J connectivity index is 2.10. The molecular weight excluding hydrogens is 202 g/mol. The maximum absolute atomic E-state index is 11.5. The molecule has 0 spiro atoms. The normalized spacial score (nSPS) is 18.6. The van der Waals surface area contributed by atoms with Gasteiger partial charge in [0.05, 0.1) is 0 Å². The van der Waals surface area contributed by atoms with E-state index in [0.717, 1.165) is 58.0 Å². The van der Waals surface area contributed by atoms with Crippen molar-refractivity contribution in [1.29, 1.82) is 0 Å². The van der Waals surface area contributed by atoms with E-state index in [1.807, 2.05) is 0 Å². The quantitative estimate of drug-likeness (QED) is 0.622. The lowest BCUT2D eigenvalue weighted by atomic mass is 9.98. The monoisotopic (exact) mass is 225 g/mol. The van der Waals surface area contributed by atoms with Gasteiger partial charge in [0.15, 0.2) is 0 Å². The number of aldehydes is 1. The van der Waals surface area contributed by atoms with E-state index in [0.29, 0.717) is 12.2 Å². The van der Waals surface area contributed by atoms with Crippen LogP contribution in [0.2, 0.25) is 0 Å². The molecule has 0 aromatic heterocycles. The van der Waals surface area contributed by atoms with Gasteiger partial charge in [0.2, 0.25) is 0 Å². The van der Waals surface area contributed by atoms with E-state index in [2.05, 4.69) is 11.8 Å². The Morgan fingerprint density at radius 3 is 2.56 bits per heavy atom. The summed E-state index contributed by atoms with van der Waals surface area (Å²) in [4.78, 5) is 24.4. The van der Waals surface area contributed by atoms with Crippen LogP contribution in [-0.4, -0.2) is 36.6 Å². The van der Waals surface area contributed by atoms with E-state index >= 15 is 0 Å². The number of hydrogen-bond acceptors (Lipinski definition) is 3. The fourth-order valence-electron chi connectivity index (χ4n) is 2.09. The molecule has 0 unspecified atom stereocenters. The van der Waals surface area contributed by atoms with Gasteiger partial charge in [-0.2, -0.15) is 0 Å². The van der Waals surface area contributed by atoms with Crippen LogP contribution in [0.1, 0.15) is 45.4 Å². The lowest BCUT2D eigenvalue weighted by molar-refractivity contribution is -0.120. The van der Waals surface area contributed by atoms with Gasteiger partial charge in [0, 0.05) is 25.3 Å². The molecule has 92 valence electrons. The molecule has 0 saturated carbocycles. The number of rotatable bonds is 7.